The van der Waals surface area contributed by atoms with Gasteiger partial charge in [-0.05, 0) is 43.8 Å². The highest BCUT2D eigenvalue weighted by atomic mass is 16.2. The number of nitrogens with one attached hydrogen (secondary N) is 2. The molecule has 2 aliphatic rings. The van der Waals surface area contributed by atoms with E-state index in [0.29, 0.717) is 17.9 Å². The minimum Gasteiger partial charge on any atom is -0.340 e. The molecule has 1 atom stereocenters. The van der Waals surface area contributed by atoms with Crippen LogP contribution in [0.15, 0.2) is 12.3 Å². The minimum atomic E-state index is 0.257. The normalized spacial score (nSPS) is 25.1. The van der Waals surface area contributed by atoms with Gasteiger partial charge in [-0.3, -0.25) is 9.89 Å². The van der Waals surface area contributed by atoms with E-state index in [1.165, 1.54) is 0 Å². The predicted octanol–water partition coefficient (Wildman–Crippen LogP) is 0.758. The van der Waals surface area contributed by atoms with E-state index in [0.717, 1.165) is 38.0 Å². The molecule has 1 spiro atoms. The maximum absolute atomic E-state index is 12.4. The quantitative estimate of drug-likeness (QED) is 0.830. The van der Waals surface area contributed by atoms with Crippen LogP contribution >= 0.6 is 0 Å². The van der Waals surface area contributed by atoms with Crippen molar-refractivity contribution >= 4 is 5.91 Å². The molecule has 18 heavy (non-hydrogen) atoms. The average molecular weight is 248 g/mol. The number of hydrogen-bond acceptors (Lipinski definition) is 3. The first-order valence-corrected chi connectivity index (χ1v) is 6.65. The largest absolute Gasteiger partial charge is 0.340 e. The molecule has 1 aliphatic carbocycles. The van der Waals surface area contributed by atoms with Gasteiger partial charge in [0.1, 0.15) is 0 Å². The number of rotatable bonds is 3. The Labute approximate surface area is 107 Å². The summed E-state index contributed by atoms with van der Waals surface area (Å²) in [6.45, 7) is 2.76. The fraction of sp³-hybridized carbons (Fsp3) is 0.692. The average Bonchev–Trinajstić information content (AvgIpc) is 2.84. The summed E-state index contributed by atoms with van der Waals surface area (Å²) in [7, 11) is 1.89. The first-order valence-electron chi connectivity index (χ1n) is 6.65. The van der Waals surface area contributed by atoms with Gasteiger partial charge in [0.2, 0.25) is 5.91 Å². The second kappa shape index (κ2) is 4.39. The summed E-state index contributed by atoms with van der Waals surface area (Å²) in [6.07, 6.45) is 5.11. The van der Waals surface area contributed by atoms with E-state index in [2.05, 4.69) is 15.5 Å². The molecule has 5 heteroatoms. The van der Waals surface area contributed by atoms with Crippen LogP contribution in [0.2, 0.25) is 0 Å². The molecule has 1 aliphatic heterocycles. The Hall–Kier alpha value is -1.36. The first-order chi connectivity index (χ1) is 8.71. The van der Waals surface area contributed by atoms with E-state index in [4.69, 9.17) is 0 Å². The summed E-state index contributed by atoms with van der Waals surface area (Å²) in [5, 5.41) is 10.2. The molecule has 3 rings (SSSR count). The first kappa shape index (κ1) is 11.7. The van der Waals surface area contributed by atoms with Crippen LogP contribution in [0.5, 0.6) is 0 Å². The van der Waals surface area contributed by atoms with Gasteiger partial charge in [-0.2, -0.15) is 5.10 Å². The van der Waals surface area contributed by atoms with Crippen molar-refractivity contribution in [1.29, 1.82) is 0 Å². The van der Waals surface area contributed by atoms with E-state index in [-0.39, 0.29) is 5.92 Å². The molecule has 0 aromatic carbocycles. The fourth-order valence-corrected chi connectivity index (χ4v) is 3.15. The number of piperidine rings is 1. The smallest absolute Gasteiger partial charge is 0.226 e. The molecule has 1 saturated heterocycles. The zero-order valence-corrected chi connectivity index (χ0v) is 10.8. The highest BCUT2D eigenvalue weighted by Crippen LogP contribution is 2.59. The summed E-state index contributed by atoms with van der Waals surface area (Å²) in [4.78, 5) is 14.2. The van der Waals surface area contributed by atoms with Crippen LogP contribution in [-0.4, -0.2) is 41.1 Å². The van der Waals surface area contributed by atoms with Gasteiger partial charge >= 0.3 is 0 Å². The number of carbonyl (C=O) groups is 1. The van der Waals surface area contributed by atoms with Crippen molar-refractivity contribution in [3.05, 3.63) is 18.0 Å². The lowest BCUT2D eigenvalue weighted by Gasteiger charge is -2.25. The Bertz CT molecular complexity index is 422. The molecule has 1 saturated carbocycles. The Balaban J connectivity index is 1.58. The Kier molecular flexibility index (Phi) is 2.86. The molecule has 5 nitrogen and oxygen atoms in total. The highest BCUT2D eigenvalue weighted by Gasteiger charge is 2.58. The number of aromatic nitrogens is 2. The molecule has 1 amide bonds. The summed E-state index contributed by atoms with van der Waals surface area (Å²) in [5.41, 5.74) is 1.32. The van der Waals surface area contributed by atoms with Crippen LogP contribution in [0, 0.1) is 11.3 Å². The number of nitrogens with zero attached hydrogens (tertiary/aromatic N) is 2. The van der Waals surface area contributed by atoms with E-state index >= 15 is 0 Å². The molecule has 2 fully saturated rings. The van der Waals surface area contributed by atoms with Crippen molar-refractivity contribution < 1.29 is 4.79 Å². The van der Waals surface area contributed by atoms with Crippen molar-refractivity contribution in [2.75, 3.05) is 20.1 Å². The lowest BCUT2D eigenvalue weighted by Crippen LogP contribution is -2.34. The van der Waals surface area contributed by atoms with Crippen LogP contribution in [0.4, 0.5) is 0 Å². The predicted molar refractivity (Wildman–Crippen MR) is 67.7 cm³/mol. The summed E-state index contributed by atoms with van der Waals surface area (Å²) in [5.74, 6) is 0.555. The number of carbonyl (C=O) groups excluding carboxylic acids is 1. The van der Waals surface area contributed by atoms with Crippen LogP contribution in [-0.2, 0) is 11.3 Å². The standard InChI is InChI=1S/C13H20N4O/c1-17(9-10-2-5-15-16-10)12(18)11-8-13(11)3-6-14-7-4-13/h2,5,11,14H,3-4,6-9H2,1H3,(H,15,16). The van der Waals surface area contributed by atoms with E-state index in [1.54, 1.807) is 6.20 Å². The third-order valence-electron chi connectivity index (χ3n) is 4.43. The van der Waals surface area contributed by atoms with Crippen LogP contribution in [0.25, 0.3) is 0 Å². The third-order valence-corrected chi connectivity index (χ3v) is 4.43. The van der Waals surface area contributed by atoms with Crippen molar-refractivity contribution in [3.63, 3.8) is 0 Å². The maximum Gasteiger partial charge on any atom is 0.226 e. The SMILES string of the molecule is CN(Cc1ccn[nH]1)C(=O)C1CC12CCNCC2. The van der Waals surface area contributed by atoms with Gasteiger partial charge in [0, 0.05) is 19.2 Å². The van der Waals surface area contributed by atoms with Gasteiger partial charge in [-0.1, -0.05) is 0 Å². The van der Waals surface area contributed by atoms with Crippen LogP contribution in [0.3, 0.4) is 0 Å². The zero-order valence-electron chi connectivity index (χ0n) is 10.8. The highest BCUT2D eigenvalue weighted by molar-refractivity contribution is 5.82. The zero-order chi connectivity index (χ0) is 12.6. The molecular weight excluding hydrogens is 228 g/mol. The van der Waals surface area contributed by atoms with Crippen LogP contribution in [0.1, 0.15) is 25.0 Å². The molecule has 2 N–H and O–H groups in total. The van der Waals surface area contributed by atoms with Gasteiger partial charge in [-0.15, -0.1) is 0 Å². The van der Waals surface area contributed by atoms with Gasteiger partial charge in [0.15, 0.2) is 0 Å². The maximum atomic E-state index is 12.4. The van der Waals surface area contributed by atoms with Crippen LogP contribution < -0.4 is 5.32 Å². The Morgan fingerprint density at radius 2 is 2.33 bits per heavy atom. The molecule has 2 heterocycles. The van der Waals surface area contributed by atoms with Crippen molar-refractivity contribution in [3.8, 4) is 0 Å². The lowest BCUT2D eigenvalue weighted by molar-refractivity contribution is -0.132. The number of aromatic amines is 1. The topological polar surface area (TPSA) is 61.0 Å². The van der Waals surface area contributed by atoms with E-state index < -0.39 is 0 Å². The van der Waals surface area contributed by atoms with Crippen molar-refractivity contribution in [2.45, 2.75) is 25.8 Å². The molecule has 1 unspecified atom stereocenters. The Morgan fingerprint density at radius 1 is 1.56 bits per heavy atom. The summed E-state index contributed by atoms with van der Waals surface area (Å²) < 4.78 is 0. The Morgan fingerprint density at radius 3 is 3.00 bits per heavy atom. The molecule has 1 aromatic heterocycles. The summed E-state index contributed by atoms with van der Waals surface area (Å²) in [6, 6.07) is 1.91. The molecular formula is C13H20N4O. The van der Waals surface area contributed by atoms with Crippen molar-refractivity contribution in [1.82, 2.24) is 20.4 Å². The monoisotopic (exact) mass is 248 g/mol. The van der Waals surface area contributed by atoms with Gasteiger partial charge < -0.3 is 10.2 Å². The molecule has 0 radical (unpaired) electrons. The number of amides is 1. The number of H-pyrrole nitrogens is 1. The fourth-order valence-electron chi connectivity index (χ4n) is 3.15. The van der Waals surface area contributed by atoms with Crippen molar-refractivity contribution in [2.24, 2.45) is 11.3 Å². The molecule has 1 aromatic rings. The van der Waals surface area contributed by atoms with Gasteiger partial charge in [0.05, 0.1) is 12.2 Å². The second-order valence-corrected chi connectivity index (χ2v) is 5.65. The van der Waals surface area contributed by atoms with Gasteiger partial charge in [0.25, 0.3) is 0 Å². The third kappa shape index (κ3) is 2.03. The van der Waals surface area contributed by atoms with Gasteiger partial charge in [-0.25, -0.2) is 0 Å². The minimum absolute atomic E-state index is 0.257. The van der Waals surface area contributed by atoms with E-state index in [9.17, 15) is 4.79 Å². The number of hydrogen-bond donors (Lipinski definition) is 2. The van der Waals surface area contributed by atoms with E-state index in [1.807, 2.05) is 18.0 Å². The second-order valence-electron chi connectivity index (χ2n) is 5.65. The molecule has 0 bridgehead atoms. The lowest BCUT2D eigenvalue weighted by atomic mass is 9.91. The summed E-state index contributed by atoms with van der Waals surface area (Å²) >= 11 is 0. The molecule has 98 valence electrons.